The van der Waals surface area contributed by atoms with Gasteiger partial charge in [0.25, 0.3) is 5.91 Å². The second kappa shape index (κ2) is 4.24. The Bertz CT molecular complexity index is 774. The standard InChI is InChI=1S/C15H13N3O/c1-10-5-4-6-11(9-10)18-13-8-3-2-7-12(13)14(17-18)15(16)19/h2-9H,1H3,(H2,16,19). The number of aryl methyl sites for hydroxylation is 1. The molecule has 0 saturated heterocycles. The van der Waals surface area contributed by atoms with E-state index in [1.165, 1.54) is 0 Å². The zero-order valence-electron chi connectivity index (χ0n) is 10.5. The molecule has 2 aromatic carbocycles. The van der Waals surface area contributed by atoms with Crippen molar-refractivity contribution in [3.8, 4) is 5.69 Å². The Kier molecular flexibility index (Phi) is 2.56. The molecule has 0 aliphatic rings. The number of fused-ring (bicyclic) bond motifs is 1. The van der Waals surface area contributed by atoms with Crippen LogP contribution in [0.25, 0.3) is 16.6 Å². The summed E-state index contributed by atoms with van der Waals surface area (Å²) < 4.78 is 1.75. The Labute approximate surface area is 110 Å². The molecular weight excluding hydrogens is 238 g/mol. The number of rotatable bonds is 2. The zero-order valence-corrected chi connectivity index (χ0v) is 10.5. The molecule has 4 heteroatoms. The zero-order chi connectivity index (χ0) is 13.4. The average Bonchev–Trinajstić information content (AvgIpc) is 2.78. The molecule has 3 aromatic rings. The van der Waals surface area contributed by atoms with Crippen LogP contribution in [0.3, 0.4) is 0 Å². The molecule has 94 valence electrons. The normalized spacial score (nSPS) is 10.8. The Morgan fingerprint density at radius 2 is 1.95 bits per heavy atom. The van der Waals surface area contributed by atoms with Gasteiger partial charge in [0.1, 0.15) is 0 Å². The number of para-hydroxylation sites is 1. The number of hydrogen-bond acceptors (Lipinski definition) is 2. The highest BCUT2D eigenvalue weighted by atomic mass is 16.1. The summed E-state index contributed by atoms with van der Waals surface area (Å²) in [5.41, 5.74) is 8.62. The second-order valence-corrected chi connectivity index (χ2v) is 4.48. The van der Waals surface area contributed by atoms with Crippen molar-refractivity contribution in [2.45, 2.75) is 6.92 Å². The van der Waals surface area contributed by atoms with Crippen LogP contribution in [0, 0.1) is 6.92 Å². The van der Waals surface area contributed by atoms with Crippen LogP contribution in [0.2, 0.25) is 0 Å². The first-order valence-corrected chi connectivity index (χ1v) is 6.01. The molecule has 1 amide bonds. The van der Waals surface area contributed by atoms with Gasteiger partial charge in [-0.1, -0.05) is 30.3 Å². The first kappa shape index (κ1) is 11.5. The predicted molar refractivity (Wildman–Crippen MR) is 74.3 cm³/mol. The SMILES string of the molecule is Cc1cccc(-n2nc(C(N)=O)c3ccccc32)c1. The van der Waals surface area contributed by atoms with E-state index >= 15 is 0 Å². The number of aromatic nitrogens is 2. The topological polar surface area (TPSA) is 60.9 Å². The quantitative estimate of drug-likeness (QED) is 0.760. The van der Waals surface area contributed by atoms with Gasteiger partial charge in [0, 0.05) is 5.39 Å². The number of primary amides is 1. The van der Waals surface area contributed by atoms with Crippen molar-refractivity contribution in [1.29, 1.82) is 0 Å². The summed E-state index contributed by atoms with van der Waals surface area (Å²) in [7, 11) is 0. The summed E-state index contributed by atoms with van der Waals surface area (Å²) in [5, 5.41) is 5.12. The minimum absolute atomic E-state index is 0.303. The highest BCUT2D eigenvalue weighted by Crippen LogP contribution is 2.22. The third-order valence-electron chi connectivity index (χ3n) is 3.07. The number of carbonyl (C=O) groups is 1. The molecule has 3 rings (SSSR count). The van der Waals surface area contributed by atoms with Gasteiger partial charge in [0.2, 0.25) is 0 Å². The van der Waals surface area contributed by atoms with Gasteiger partial charge in [0.15, 0.2) is 5.69 Å². The van der Waals surface area contributed by atoms with E-state index in [2.05, 4.69) is 5.10 Å². The molecule has 1 aromatic heterocycles. The van der Waals surface area contributed by atoms with Crippen molar-refractivity contribution in [3.05, 3.63) is 59.8 Å². The number of nitrogens with two attached hydrogens (primary N) is 1. The third kappa shape index (κ3) is 1.87. The van der Waals surface area contributed by atoms with Gasteiger partial charge in [-0.3, -0.25) is 4.79 Å². The van der Waals surface area contributed by atoms with Gasteiger partial charge in [0.05, 0.1) is 11.2 Å². The molecule has 19 heavy (non-hydrogen) atoms. The van der Waals surface area contributed by atoms with Crippen molar-refractivity contribution in [1.82, 2.24) is 9.78 Å². The molecule has 0 radical (unpaired) electrons. The summed E-state index contributed by atoms with van der Waals surface area (Å²) in [4.78, 5) is 11.5. The number of benzene rings is 2. The largest absolute Gasteiger partial charge is 0.364 e. The Morgan fingerprint density at radius 3 is 2.68 bits per heavy atom. The van der Waals surface area contributed by atoms with Crippen LogP contribution in [-0.2, 0) is 0 Å². The van der Waals surface area contributed by atoms with Crippen molar-refractivity contribution in [3.63, 3.8) is 0 Å². The van der Waals surface area contributed by atoms with Gasteiger partial charge >= 0.3 is 0 Å². The minimum atomic E-state index is -0.511. The molecule has 0 bridgehead atoms. The molecule has 0 aliphatic heterocycles. The maximum Gasteiger partial charge on any atom is 0.269 e. The summed E-state index contributed by atoms with van der Waals surface area (Å²) in [6, 6.07) is 15.5. The third-order valence-corrected chi connectivity index (χ3v) is 3.07. The highest BCUT2D eigenvalue weighted by molar-refractivity contribution is 6.04. The molecule has 4 nitrogen and oxygen atoms in total. The van der Waals surface area contributed by atoms with Crippen molar-refractivity contribution in [2.24, 2.45) is 5.73 Å². The average molecular weight is 251 g/mol. The second-order valence-electron chi connectivity index (χ2n) is 4.48. The summed E-state index contributed by atoms with van der Waals surface area (Å²) in [5.74, 6) is -0.511. The van der Waals surface area contributed by atoms with Gasteiger partial charge in [-0.05, 0) is 30.7 Å². The van der Waals surface area contributed by atoms with E-state index in [4.69, 9.17) is 5.73 Å². The predicted octanol–water partition coefficient (Wildman–Crippen LogP) is 2.43. The number of amides is 1. The Balaban J connectivity index is 2.33. The molecule has 0 saturated carbocycles. The summed E-state index contributed by atoms with van der Waals surface area (Å²) in [6.45, 7) is 2.02. The molecule has 0 fully saturated rings. The maximum absolute atomic E-state index is 11.5. The van der Waals surface area contributed by atoms with Crippen LogP contribution in [0.1, 0.15) is 16.1 Å². The fourth-order valence-corrected chi connectivity index (χ4v) is 2.20. The van der Waals surface area contributed by atoms with Crippen LogP contribution in [-0.4, -0.2) is 15.7 Å². The van der Waals surface area contributed by atoms with Gasteiger partial charge < -0.3 is 5.73 Å². The monoisotopic (exact) mass is 251 g/mol. The van der Waals surface area contributed by atoms with E-state index < -0.39 is 5.91 Å². The van der Waals surface area contributed by atoms with E-state index in [0.29, 0.717) is 5.69 Å². The van der Waals surface area contributed by atoms with Crippen LogP contribution in [0.15, 0.2) is 48.5 Å². The van der Waals surface area contributed by atoms with Crippen LogP contribution in [0.4, 0.5) is 0 Å². The number of carbonyl (C=O) groups excluding carboxylic acids is 1. The van der Waals surface area contributed by atoms with Crippen LogP contribution in [0.5, 0.6) is 0 Å². The molecule has 2 N–H and O–H groups in total. The lowest BCUT2D eigenvalue weighted by Crippen LogP contribution is -2.12. The Hall–Kier alpha value is -2.62. The van der Waals surface area contributed by atoms with E-state index in [9.17, 15) is 4.79 Å². The molecule has 0 aliphatic carbocycles. The smallest absolute Gasteiger partial charge is 0.269 e. The molecule has 0 spiro atoms. The van der Waals surface area contributed by atoms with Crippen molar-refractivity contribution < 1.29 is 4.79 Å². The lowest BCUT2D eigenvalue weighted by Gasteiger charge is -2.04. The Morgan fingerprint density at radius 1 is 1.16 bits per heavy atom. The lowest BCUT2D eigenvalue weighted by molar-refractivity contribution is 0.0996. The van der Waals surface area contributed by atoms with Gasteiger partial charge in [-0.25, -0.2) is 4.68 Å². The molecule has 1 heterocycles. The first-order chi connectivity index (χ1) is 9.16. The summed E-state index contributed by atoms with van der Waals surface area (Å²) >= 11 is 0. The molecular formula is C15H13N3O. The number of hydrogen-bond donors (Lipinski definition) is 1. The van der Waals surface area contributed by atoms with Crippen molar-refractivity contribution >= 4 is 16.8 Å². The fourth-order valence-electron chi connectivity index (χ4n) is 2.20. The van der Waals surface area contributed by atoms with Crippen LogP contribution < -0.4 is 5.73 Å². The minimum Gasteiger partial charge on any atom is -0.364 e. The van der Waals surface area contributed by atoms with E-state index in [0.717, 1.165) is 22.2 Å². The lowest BCUT2D eigenvalue weighted by atomic mass is 10.2. The molecule has 0 unspecified atom stereocenters. The van der Waals surface area contributed by atoms with Crippen LogP contribution >= 0.6 is 0 Å². The maximum atomic E-state index is 11.5. The number of nitrogens with zero attached hydrogens (tertiary/aromatic N) is 2. The van der Waals surface area contributed by atoms with E-state index in [1.807, 2.05) is 55.5 Å². The van der Waals surface area contributed by atoms with Gasteiger partial charge in [-0.15, -0.1) is 0 Å². The highest BCUT2D eigenvalue weighted by Gasteiger charge is 2.14. The fraction of sp³-hybridized carbons (Fsp3) is 0.0667. The van der Waals surface area contributed by atoms with Crippen molar-refractivity contribution in [2.75, 3.05) is 0 Å². The van der Waals surface area contributed by atoms with E-state index in [-0.39, 0.29) is 0 Å². The molecule has 0 atom stereocenters. The summed E-state index contributed by atoms with van der Waals surface area (Å²) in [6.07, 6.45) is 0. The van der Waals surface area contributed by atoms with E-state index in [1.54, 1.807) is 4.68 Å². The first-order valence-electron chi connectivity index (χ1n) is 6.01. The van der Waals surface area contributed by atoms with Gasteiger partial charge in [-0.2, -0.15) is 5.10 Å².